The third-order valence-corrected chi connectivity index (χ3v) is 4.61. The molecule has 1 aromatic carbocycles. The van der Waals surface area contributed by atoms with E-state index in [0.29, 0.717) is 11.3 Å². The molecular formula is C11H9NO2S. The second kappa shape index (κ2) is 2.79. The Kier molecular flexibility index (Phi) is 1.65. The average Bonchev–Trinajstić information content (AvgIpc) is 2.55. The third-order valence-electron chi connectivity index (χ3n) is 2.77. The highest BCUT2D eigenvalue weighted by Gasteiger charge is 2.28. The predicted molar refractivity (Wildman–Crippen MR) is 57.5 cm³/mol. The van der Waals surface area contributed by atoms with Crippen molar-refractivity contribution in [2.45, 2.75) is 11.3 Å². The van der Waals surface area contributed by atoms with Crippen molar-refractivity contribution in [1.29, 1.82) is 0 Å². The highest BCUT2D eigenvalue weighted by molar-refractivity contribution is 7.92. The molecule has 0 saturated heterocycles. The van der Waals surface area contributed by atoms with Gasteiger partial charge in [0.15, 0.2) is 9.84 Å². The minimum atomic E-state index is -3.07. The summed E-state index contributed by atoms with van der Waals surface area (Å²) in [6, 6.07) is 7.35. The van der Waals surface area contributed by atoms with E-state index < -0.39 is 9.84 Å². The van der Waals surface area contributed by atoms with Crippen molar-refractivity contribution in [2.24, 2.45) is 0 Å². The fraction of sp³-hybridized carbons (Fsp3) is 0.182. The van der Waals surface area contributed by atoms with Gasteiger partial charge in [0.2, 0.25) is 0 Å². The van der Waals surface area contributed by atoms with Crippen molar-refractivity contribution < 1.29 is 8.42 Å². The van der Waals surface area contributed by atoms with Gasteiger partial charge in [0.1, 0.15) is 0 Å². The Morgan fingerprint density at radius 3 is 2.93 bits per heavy atom. The van der Waals surface area contributed by atoms with Crippen LogP contribution < -0.4 is 0 Å². The summed E-state index contributed by atoms with van der Waals surface area (Å²) in [5.41, 5.74) is 1.68. The Hall–Kier alpha value is -1.42. The highest BCUT2D eigenvalue weighted by atomic mass is 32.2. The number of pyridine rings is 1. The van der Waals surface area contributed by atoms with Crippen LogP contribution in [0, 0.1) is 0 Å². The first-order valence-corrected chi connectivity index (χ1v) is 6.43. The van der Waals surface area contributed by atoms with Gasteiger partial charge in [-0.3, -0.25) is 4.98 Å². The summed E-state index contributed by atoms with van der Waals surface area (Å²) in [5.74, 6) is 0.232. The molecule has 1 aliphatic heterocycles. The first-order valence-electron chi connectivity index (χ1n) is 4.78. The highest BCUT2D eigenvalue weighted by Crippen LogP contribution is 2.32. The molecule has 0 atom stereocenters. The maximum atomic E-state index is 11.8. The summed E-state index contributed by atoms with van der Waals surface area (Å²) in [4.78, 5) is 4.65. The summed E-state index contributed by atoms with van der Waals surface area (Å²) in [6.07, 6.45) is 2.30. The predicted octanol–water partition coefficient (Wildman–Crippen LogP) is 1.56. The Bertz CT molecular complexity index is 647. The lowest BCUT2D eigenvalue weighted by molar-refractivity contribution is 0.600. The van der Waals surface area contributed by atoms with E-state index in [0.717, 1.165) is 16.5 Å². The molecular weight excluding hydrogens is 210 g/mol. The van der Waals surface area contributed by atoms with Crippen LogP contribution in [0.5, 0.6) is 0 Å². The van der Waals surface area contributed by atoms with Gasteiger partial charge in [-0.2, -0.15) is 0 Å². The van der Waals surface area contributed by atoms with E-state index in [1.807, 2.05) is 18.2 Å². The lowest BCUT2D eigenvalue weighted by Gasteiger charge is -2.03. The van der Waals surface area contributed by atoms with Crippen molar-refractivity contribution in [3.63, 3.8) is 0 Å². The fourth-order valence-electron chi connectivity index (χ4n) is 2.08. The van der Waals surface area contributed by atoms with Crippen LogP contribution in [0.1, 0.15) is 5.56 Å². The topological polar surface area (TPSA) is 47.0 Å². The molecule has 0 fully saturated rings. The van der Waals surface area contributed by atoms with Crippen LogP contribution in [0.2, 0.25) is 0 Å². The average molecular weight is 219 g/mol. The van der Waals surface area contributed by atoms with Gasteiger partial charge in [0.05, 0.1) is 16.2 Å². The van der Waals surface area contributed by atoms with E-state index in [1.165, 1.54) is 0 Å². The van der Waals surface area contributed by atoms with Crippen molar-refractivity contribution in [3.05, 3.63) is 36.0 Å². The Morgan fingerprint density at radius 2 is 2.07 bits per heavy atom. The number of hydrogen-bond donors (Lipinski definition) is 0. The smallest absolute Gasteiger partial charge is 0.179 e. The quantitative estimate of drug-likeness (QED) is 0.675. The van der Waals surface area contributed by atoms with Gasteiger partial charge in [-0.1, -0.05) is 6.07 Å². The van der Waals surface area contributed by atoms with E-state index in [1.54, 1.807) is 12.3 Å². The monoisotopic (exact) mass is 219 g/mol. The lowest BCUT2D eigenvalue weighted by atomic mass is 10.1. The van der Waals surface area contributed by atoms with E-state index in [9.17, 15) is 8.42 Å². The van der Waals surface area contributed by atoms with Gasteiger partial charge in [0, 0.05) is 11.6 Å². The molecule has 0 saturated carbocycles. The van der Waals surface area contributed by atoms with Crippen LogP contribution in [-0.4, -0.2) is 19.2 Å². The molecule has 15 heavy (non-hydrogen) atoms. The number of nitrogens with zero attached hydrogens (tertiary/aromatic N) is 1. The van der Waals surface area contributed by atoms with Crippen molar-refractivity contribution in [2.75, 3.05) is 5.75 Å². The number of aryl methyl sites for hydroxylation is 1. The molecule has 2 heterocycles. The van der Waals surface area contributed by atoms with Gasteiger partial charge in [-0.15, -0.1) is 0 Å². The molecule has 0 amide bonds. The summed E-state index contributed by atoms with van der Waals surface area (Å²) in [7, 11) is -3.07. The number of benzene rings is 1. The first-order chi connectivity index (χ1) is 7.18. The van der Waals surface area contributed by atoms with Crippen LogP contribution in [0.3, 0.4) is 0 Å². The van der Waals surface area contributed by atoms with Crippen LogP contribution in [0.25, 0.3) is 10.9 Å². The van der Waals surface area contributed by atoms with E-state index in [2.05, 4.69) is 4.98 Å². The minimum Gasteiger partial charge on any atom is -0.256 e. The second-order valence-electron chi connectivity index (χ2n) is 3.69. The minimum absolute atomic E-state index is 0.232. The standard InChI is InChI=1S/C11H9NO2S/c13-15(14)7-5-8-3-4-10-9(11(8)15)2-1-6-12-10/h1-4,6H,5,7H2. The van der Waals surface area contributed by atoms with Crippen molar-refractivity contribution >= 4 is 20.7 Å². The molecule has 1 aromatic heterocycles. The van der Waals surface area contributed by atoms with E-state index in [-0.39, 0.29) is 5.75 Å². The third kappa shape index (κ3) is 1.18. The van der Waals surface area contributed by atoms with Crippen LogP contribution in [0.15, 0.2) is 35.4 Å². The molecule has 0 radical (unpaired) electrons. The normalized spacial score (nSPS) is 17.9. The van der Waals surface area contributed by atoms with Crippen LogP contribution in [0.4, 0.5) is 0 Å². The largest absolute Gasteiger partial charge is 0.256 e. The molecule has 1 aliphatic rings. The summed E-state index contributed by atoms with van der Waals surface area (Å²) in [6.45, 7) is 0. The Balaban J connectivity index is 2.54. The zero-order valence-electron chi connectivity index (χ0n) is 7.97. The number of rotatable bonds is 0. The molecule has 0 spiro atoms. The maximum absolute atomic E-state index is 11.8. The number of sulfone groups is 1. The molecule has 4 heteroatoms. The molecule has 76 valence electrons. The number of fused-ring (bicyclic) bond motifs is 3. The summed E-state index contributed by atoms with van der Waals surface area (Å²) in [5, 5.41) is 0.757. The van der Waals surface area contributed by atoms with Gasteiger partial charge in [-0.25, -0.2) is 8.42 Å². The maximum Gasteiger partial charge on any atom is 0.179 e. The summed E-state index contributed by atoms with van der Waals surface area (Å²) < 4.78 is 23.7. The molecule has 0 N–H and O–H groups in total. The SMILES string of the molecule is O=S1(=O)CCc2ccc3ncccc3c21. The van der Waals surface area contributed by atoms with E-state index >= 15 is 0 Å². The van der Waals surface area contributed by atoms with Crippen molar-refractivity contribution in [3.8, 4) is 0 Å². The fourth-order valence-corrected chi connectivity index (χ4v) is 3.85. The molecule has 2 aromatic rings. The molecule has 3 nitrogen and oxygen atoms in total. The molecule has 0 bridgehead atoms. The second-order valence-corrected chi connectivity index (χ2v) is 5.74. The molecule has 3 rings (SSSR count). The van der Waals surface area contributed by atoms with Crippen molar-refractivity contribution in [1.82, 2.24) is 4.98 Å². The number of hydrogen-bond acceptors (Lipinski definition) is 3. The first kappa shape index (κ1) is 8.85. The van der Waals surface area contributed by atoms with Gasteiger partial charge in [-0.05, 0) is 30.2 Å². The van der Waals surface area contributed by atoms with Crippen LogP contribution >= 0.6 is 0 Å². The Morgan fingerprint density at radius 1 is 1.20 bits per heavy atom. The Labute approximate surface area is 87.7 Å². The van der Waals surface area contributed by atoms with E-state index in [4.69, 9.17) is 0 Å². The molecule has 0 aliphatic carbocycles. The lowest BCUT2D eigenvalue weighted by Crippen LogP contribution is -1.99. The zero-order valence-corrected chi connectivity index (χ0v) is 8.79. The van der Waals surface area contributed by atoms with Gasteiger partial charge >= 0.3 is 0 Å². The van der Waals surface area contributed by atoms with Crippen LogP contribution in [-0.2, 0) is 16.3 Å². The zero-order chi connectivity index (χ0) is 10.5. The van der Waals surface area contributed by atoms with Gasteiger partial charge < -0.3 is 0 Å². The number of aromatic nitrogens is 1. The summed E-state index contributed by atoms with van der Waals surface area (Å²) >= 11 is 0. The molecule has 0 unspecified atom stereocenters. The van der Waals surface area contributed by atoms with Gasteiger partial charge in [0.25, 0.3) is 0 Å².